The Morgan fingerprint density at radius 3 is 2.86 bits per heavy atom. The van der Waals surface area contributed by atoms with Gasteiger partial charge in [0.2, 0.25) is 0 Å². The Morgan fingerprint density at radius 2 is 2.19 bits per heavy atom. The highest BCUT2D eigenvalue weighted by molar-refractivity contribution is 7.10. The van der Waals surface area contributed by atoms with Crippen molar-refractivity contribution < 1.29 is 14.5 Å². The lowest BCUT2D eigenvalue weighted by atomic mass is 10.2. The lowest BCUT2D eigenvalue weighted by Gasteiger charge is -2.06. The van der Waals surface area contributed by atoms with Crippen molar-refractivity contribution in [2.24, 2.45) is 0 Å². The number of ether oxygens (including phenoxy) is 1. The lowest BCUT2D eigenvalue weighted by molar-refractivity contribution is -0.385. The molecule has 8 heteroatoms. The summed E-state index contributed by atoms with van der Waals surface area (Å²) in [5.41, 5.74) is 1.21. The molecule has 7 nitrogen and oxygen atoms in total. The van der Waals surface area contributed by atoms with E-state index in [2.05, 4.69) is 9.69 Å². The van der Waals surface area contributed by atoms with Crippen molar-refractivity contribution in [3.8, 4) is 0 Å². The normalized spacial score (nSPS) is 10.2. The number of carbonyl (C=O) groups is 1. The second kappa shape index (κ2) is 6.31. The molecule has 0 aliphatic carbocycles. The fraction of sp³-hybridized carbons (Fsp3) is 0.231. The predicted octanol–water partition coefficient (Wildman–Crippen LogP) is 2.76. The average molecular weight is 307 g/mol. The van der Waals surface area contributed by atoms with Gasteiger partial charge in [-0.15, -0.1) is 0 Å². The molecule has 0 radical (unpaired) electrons. The fourth-order valence-corrected chi connectivity index (χ4v) is 2.54. The van der Waals surface area contributed by atoms with Crippen LogP contribution in [-0.2, 0) is 11.3 Å². The number of esters is 1. The van der Waals surface area contributed by atoms with Crippen molar-refractivity contribution in [3.05, 3.63) is 51.2 Å². The summed E-state index contributed by atoms with van der Waals surface area (Å²) in [7, 11) is 1.69. The van der Waals surface area contributed by atoms with E-state index in [9.17, 15) is 14.9 Å². The first kappa shape index (κ1) is 14.9. The third kappa shape index (κ3) is 3.16. The first-order chi connectivity index (χ1) is 10.0. The van der Waals surface area contributed by atoms with Gasteiger partial charge in [-0.05, 0) is 24.5 Å². The summed E-state index contributed by atoms with van der Waals surface area (Å²) in [4.78, 5) is 22.5. The van der Waals surface area contributed by atoms with Gasteiger partial charge in [-0.2, -0.15) is 4.37 Å². The molecule has 0 saturated heterocycles. The van der Waals surface area contributed by atoms with Crippen LogP contribution in [0.4, 0.5) is 10.7 Å². The molecule has 1 heterocycles. The monoisotopic (exact) mass is 307 g/mol. The van der Waals surface area contributed by atoms with Crippen LogP contribution in [-0.4, -0.2) is 22.3 Å². The van der Waals surface area contributed by atoms with E-state index in [0.717, 1.165) is 11.5 Å². The molecule has 21 heavy (non-hydrogen) atoms. The number of hydrogen-bond donors (Lipinski definition) is 1. The van der Waals surface area contributed by atoms with Gasteiger partial charge >= 0.3 is 5.97 Å². The minimum absolute atomic E-state index is 0.0701. The van der Waals surface area contributed by atoms with Crippen LogP contribution in [0.1, 0.15) is 21.6 Å². The second-order valence-corrected chi connectivity index (χ2v) is 4.96. The Labute approximate surface area is 124 Å². The van der Waals surface area contributed by atoms with Gasteiger partial charge < -0.3 is 10.1 Å². The van der Waals surface area contributed by atoms with Gasteiger partial charge in [-0.1, -0.05) is 12.1 Å². The van der Waals surface area contributed by atoms with E-state index in [4.69, 9.17) is 4.74 Å². The SMILES string of the molecule is CNc1snc(C)c1C(=O)OCc1ccccc1[N+](=O)[O-]. The molecular weight excluding hydrogens is 294 g/mol. The molecular formula is C13H13N3O4S. The molecule has 110 valence electrons. The Balaban J connectivity index is 2.15. The first-order valence-corrected chi connectivity index (χ1v) is 6.85. The number of nitrogens with one attached hydrogen (secondary N) is 1. The number of nitrogens with zero attached hydrogens (tertiary/aromatic N) is 2. The predicted molar refractivity (Wildman–Crippen MR) is 78.6 cm³/mol. The highest BCUT2D eigenvalue weighted by atomic mass is 32.1. The molecule has 1 N–H and O–H groups in total. The highest BCUT2D eigenvalue weighted by Gasteiger charge is 2.20. The van der Waals surface area contributed by atoms with Gasteiger partial charge in [0.15, 0.2) is 0 Å². The topological polar surface area (TPSA) is 94.4 Å². The van der Waals surface area contributed by atoms with Crippen LogP contribution in [0.3, 0.4) is 0 Å². The van der Waals surface area contributed by atoms with E-state index in [0.29, 0.717) is 21.8 Å². The summed E-state index contributed by atoms with van der Waals surface area (Å²) in [6, 6.07) is 6.16. The first-order valence-electron chi connectivity index (χ1n) is 6.08. The Hall–Kier alpha value is -2.48. The van der Waals surface area contributed by atoms with E-state index >= 15 is 0 Å². The smallest absolute Gasteiger partial charge is 0.343 e. The van der Waals surface area contributed by atoms with Gasteiger partial charge in [0.05, 0.1) is 16.2 Å². The average Bonchev–Trinajstić information content (AvgIpc) is 2.86. The largest absolute Gasteiger partial charge is 0.457 e. The van der Waals surface area contributed by atoms with E-state index in [1.165, 1.54) is 6.07 Å². The number of nitro groups is 1. The number of benzene rings is 1. The number of aryl methyl sites for hydroxylation is 1. The minimum atomic E-state index is -0.552. The second-order valence-electron chi connectivity index (χ2n) is 4.18. The van der Waals surface area contributed by atoms with Gasteiger partial charge in [-0.25, -0.2) is 4.79 Å². The third-order valence-corrected chi connectivity index (χ3v) is 3.80. The summed E-state index contributed by atoms with van der Waals surface area (Å²) in [6.45, 7) is 1.55. The number of carbonyl (C=O) groups excluding carboxylic acids is 1. The van der Waals surface area contributed by atoms with Crippen LogP contribution >= 0.6 is 11.5 Å². The van der Waals surface area contributed by atoms with Crippen molar-refractivity contribution >= 4 is 28.2 Å². The maximum absolute atomic E-state index is 12.1. The molecule has 2 aromatic rings. The number of para-hydroxylation sites is 1. The zero-order chi connectivity index (χ0) is 15.4. The number of nitro benzene ring substituents is 1. The van der Waals surface area contributed by atoms with Crippen molar-refractivity contribution in [1.82, 2.24) is 4.37 Å². The van der Waals surface area contributed by atoms with Gasteiger partial charge in [0.1, 0.15) is 17.2 Å². The third-order valence-electron chi connectivity index (χ3n) is 2.84. The Bertz CT molecular complexity index is 684. The number of hydrogen-bond acceptors (Lipinski definition) is 7. The summed E-state index contributed by atoms with van der Waals surface area (Å²) < 4.78 is 9.25. The molecule has 0 bridgehead atoms. The number of rotatable bonds is 5. The van der Waals surface area contributed by atoms with Gasteiger partial charge in [0.25, 0.3) is 5.69 Å². The van der Waals surface area contributed by atoms with Crippen LogP contribution in [0.5, 0.6) is 0 Å². The van der Waals surface area contributed by atoms with Crippen LogP contribution in [0, 0.1) is 17.0 Å². The van der Waals surface area contributed by atoms with Crippen molar-refractivity contribution in [2.75, 3.05) is 12.4 Å². The molecule has 0 saturated carbocycles. The maximum Gasteiger partial charge on any atom is 0.343 e. The highest BCUT2D eigenvalue weighted by Crippen LogP contribution is 2.25. The quantitative estimate of drug-likeness (QED) is 0.518. The Morgan fingerprint density at radius 1 is 1.48 bits per heavy atom. The minimum Gasteiger partial charge on any atom is -0.457 e. The molecule has 0 unspecified atom stereocenters. The summed E-state index contributed by atoms with van der Waals surface area (Å²) in [6.07, 6.45) is 0. The van der Waals surface area contributed by atoms with Crippen molar-refractivity contribution in [1.29, 1.82) is 0 Å². The summed E-state index contributed by atoms with van der Waals surface area (Å²) >= 11 is 1.16. The summed E-state index contributed by atoms with van der Waals surface area (Å²) in [5.74, 6) is -0.552. The van der Waals surface area contributed by atoms with Gasteiger partial charge in [0, 0.05) is 13.1 Å². The van der Waals surface area contributed by atoms with Crippen LogP contribution in [0.15, 0.2) is 24.3 Å². The van der Waals surface area contributed by atoms with E-state index in [1.54, 1.807) is 32.2 Å². The van der Waals surface area contributed by atoms with Crippen LogP contribution in [0.2, 0.25) is 0 Å². The van der Waals surface area contributed by atoms with Crippen molar-refractivity contribution in [3.63, 3.8) is 0 Å². The maximum atomic E-state index is 12.1. The van der Waals surface area contributed by atoms with Gasteiger partial charge in [-0.3, -0.25) is 10.1 Å². The molecule has 0 atom stereocenters. The standard InChI is InChI=1S/C13H13N3O4S/c1-8-11(12(14-2)21-15-8)13(17)20-7-9-5-3-4-6-10(9)16(18)19/h3-6,14H,7H2,1-2H3. The number of aromatic nitrogens is 1. The molecule has 0 amide bonds. The van der Waals surface area contributed by atoms with E-state index in [-0.39, 0.29) is 12.3 Å². The lowest BCUT2D eigenvalue weighted by Crippen LogP contribution is -2.09. The van der Waals surface area contributed by atoms with E-state index < -0.39 is 10.9 Å². The molecule has 0 aliphatic rings. The summed E-state index contributed by atoms with van der Waals surface area (Å²) in [5, 5.41) is 14.4. The molecule has 0 spiro atoms. The molecule has 0 fully saturated rings. The van der Waals surface area contributed by atoms with Crippen molar-refractivity contribution in [2.45, 2.75) is 13.5 Å². The van der Waals surface area contributed by atoms with E-state index in [1.807, 2.05) is 0 Å². The molecule has 1 aromatic heterocycles. The zero-order valence-electron chi connectivity index (χ0n) is 11.5. The van der Waals surface area contributed by atoms with Crippen LogP contribution < -0.4 is 5.32 Å². The molecule has 0 aliphatic heterocycles. The van der Waals surface area contributed by atoms with Crippen LogP contribution in [0.25, 0.3) is 0 Å². The zero-order valence-corrected chi connectivity index (χ0v) is 12.3. The molecule has 1 aromatic carbocycles. The number of anilines is 1. The molecule has 2 rings (SSSR count). The Kier molecular flexibility index (Phi) is 4.49. The fourth-order valence-electron chi connectivity index (χ4n) is 1.81.